The normalized spacial score (nSPS) is 10.4. The number of methoxy groups -OCH3 is 1. The Balaban J connectivity index is 2.55. The van der Waals surface area contributed by atoms with E-state index in [1.807, 2.05) is 0 Å². The molecule has 0 radical (unpaired) electrons. The number of hydrogen-bond acceptors (Lipinski definition) is 5. The molecule has 1 aromatic carbocycles. The van der Waals surface area contributed by atoms with Crippen LogP contribution in [0, 0.1) is 5.92 Å². The van der Waals surface area contributed by atoms with E-state index < -0.39 is 5.97 Å². The predicted octanol–water partition coefficient (Wildman–Crippen LogP) is 2.28. The highest BCUT2D eigenvalue weighted by Crippen LogP contribution is 2.28. The lowest BCUT2D eigenvalue weighted by Gasteiger charge is -2.13. The van der Waals surface area contributed by atoms with Gasteiger partial charge in [0.1, 0.15) is 0 Å². The lowest BCUT2D eigenvalue weighted by molar-refractivity contribution is -0.133. The smallest absolute Gasteiger partial charge is 0.313 e. The zero-order valence-corrected chi connectivity index (χ0v) is 14.4. The number of ether oxygens (including phenoxy) is 2. The van der Waals surface area contributed by atoms with Crippen LogP contribution in [0.3, 0.4) is 0 Å². The topological polar surface area (TPSA) is 84.9 Å². The Bertz CT molecular complexity index is 533. The van der Waals surface area contributed by atoms with Gasteiger partial charge >= 0.3 is 5.97 Å². The van der Waals surface area contributed by atoms with E-state index in [9.17, 15) is 9.59 Å². The molecule has 0 aliphatic rings. The Morgan fingerprint density at radius 2 is 2.04 bits per heavy atom. The van der Waals surface area contributed by atoms with Gasteiger partial charge in [-0.05, 0) is 24.1 Å². The van der Waals surface area contributed by atoms with Gasteiger partial charge in [0, 0.05) is 17.9 Å². The quantitative estimate of drug-likeness (QED) is 0.635. The van der Waals surface area contributed by atoms with E-state index in [0.717, 1.165) is 0 Å². The molecule has 23 heavy (non-hydrogen) atoms. The van der Waals surface area contributed by atoms with Crippen LogP contribution in [0.2, 0.25) is 0 Å². The zero-order chi connectivity index (χ0) is 17.2. The number of amides is 1. The summed E-state index contributed by atoms with van der Waals surface area (Å²) in [7, 11) is 1.53. The molecule has 6 nitrogen and oxygen atoms in total. The van der Waals surface area contributed by atoms with E-state index in [2.05, 4.69) is 19.2 Å². The number of thioether (sulfide) groups is 1. The summed E-state index contributed by atoms with van der Waals surface area (Å²) in [4.78, 5) is 22.4. The van der Waals surface area contributed by atoms with Crippen molar-refractivity contribution in [1.29, 1.82) is 0 Å². The van der Waals surface area contributed by atoms with Crippen molar-refractivity contribution in [2.45, 2.75) is 13.8 Å². The van der Waals surface area contributed by atoms with E-state index >= 15 is 0 Å². The third-order valence-electron chi connectivity index (χ3n) is 2.76. The molecule has 0 aliphatic heterocycles. The molecule has 0 unspecified atom stereocenters. The summed E-state index contributed by atoms with van der Waals surface area (Å²) in [6.45, 7) is 5.08. The number of aliphatic carboxylic acids is 1. The fourth-order valence-electron chi connectivity index (χ4n) is 1.68. The molecule has 0 bridgehead atoms. The number of carboxylic acids is 1. The van der Waals surface area contributed by atoms with E-state index in [-0.39, 0.29) is 11.7 Å². The Morgan fingerprint density at radius 3 is 2.65 bits per heavy atom. The average Bonchev–Trinajstić information content (AvgIpc) is 2.51. The molecule has 0 aromatic heterocycles. The van der Waals surface area contributed by atoms with Crippen molar-refractivity contribution in [3.8, 4) is 11.5 Å². The Morgan fingerprint density at radius 1 is 1.30 bits per heavy atom. The molecule has 1 amide bonds. The van der Waals surface area contributed by atoms with E-state index in [1.165, 1.54) is 18.9 Å². The molecule has 0 atom stereocenters. The van der Waals surface area contributed by atoms with Gasteiger partial charge in [0.25, 0.3) is 5.91 Å². The fourth-order valence-corrected chi connectivity index (χ4v) is 2.25. The summed E-state index contributed by atoms with van der Waals surface area (Å²) >= 11 is 1.26. The first-order valence-corrected chi connectivity index (χ1v) is 8.48. The summed E-state index contributed by atoms with van der Waals surface area (Å²) < 4.78 is 10.9. The van der Waals surface area contributed by atoms with Gasteiger partial charge in [-0.25, -0.2) is 0 Å². The molecule has 2 N–H and O–H groups in total. The molecule has 0 heterocycles. The van der Waals surface area contributed by atoms with Gasteiger partial charge in [-0.2, -0.15) is 0 Å². The van der Waals surface area contributed by atoms with Crippen molar-refractivity contribution in [1.82, 2.24) is 5.32 Å². The standard InChI is InChI=1S/C16H23NO5S/c1-11(2)9-22-13-5-4-12(8-14(13)21-3)16(20)17-6-7-23-10-15(18)19/h4-5,8,11H,6-7,9-10H2,1-3H3,(H,17,20)(H,18,19). The first-order chi connectivity index (χ1) is 10.9. The van der Waals surface area contributed by atoms with Crippen molar-refractivity contribution >= 4 is 23.6 Å². The van der Waals surface area contributed by atoms with Crippen LogP contribution in [0.1, 0.15) is 24.2 Å². The Labute approximate surface area is 140 Å². The maximum Gasteiger partial charge on any atom is 0.313 e. The summed E-state index contributed by atoms with van der Waals surface area (Å²) in [5.74, 6) is 1.01. The van der Waals surface area contributed by atoms with Gasteiger partial charge in [0.05, 0.1) is 19.5 Å². The molecule has 1 aromatic rings. The zero-order valence-electron chi connectivity index (χ0n) is 13.6. The molecular weight excluding hydrogens is 318 g/mol. The summed E-state index contributed by atoms with van der Waals surface area (Å²) in [6.07, 6.45) is 0. The van der Waals surface area contributed by atoms with E-state index in [1.54, 1.807) is 18.2 Å². The van der Waals surface area contributed by atoms with Gasteiger partial charge in [0.2, 0.25) is 0 Å². The molecule has 0 saturated carbocycles. The number of carbonyl (C=O) groups excluding carboxylic acids is 1. The second kappa shape index (κ2) is 9.99. The van der Waals surface area contributed by atoms with Crippen LogP contribution in [0.4, 0.5) is 0 Å². The summed E-state index contributed by atoms with van der Waals surface area (Å²) in [5.41, 5.74) is 0.474. The number of hydrogen-bond donors (Lipinski definition) is 2. The fraction of sp³-hybridized carbons (Fsp3) is 0.500. The van der Waals surface area contributed by atoms with Crippen LogP contribution in [-0.4, -0.2) is 48.8 Å². The molecular formula is C16H23NO5S. The number of nitrogens with one attached hydrogen (secondary N) is 1. The third kappa shape index (κ3) is 7.27. The number of carboxylic acid groups (broad SMARTS) is 1. The lowest BCUT2D eigenvalue weighted by Crippen LogP contribution is -2.26. The third-order valence-corrected chi connectivity index (χ3v) is 3.70. The summed E-state index contributed by atoms with van der Waals surface area (Å²) in [6, 6.07) is 5.03. The minimum absolute atomic E-state index is 0.0333. The van der Waals surface area contributed by atoms with Gasteiger partial charge in [-0.15, -0.1) is 11.8 Å². The minimum atomic E-state index is -0.858. The molecule has 0 aliphatic carbocycles. The number of rotatable bonds is 10. The molecule has 0 fully saturated rings. The average molecular weight is 341 g/mol. The highest BCUT2D eigenvalue weighted by Gasteiger charge is 2.11. The first-order valence-electron chi connectivity index (χ1n) is 7.32. The molecule has 0 spiro atoms. The highest BCUT2D eigenvalue weighted by atomic mass is 32.2. The van der Waals surface area contributed by atoms with Crippen molar-refractivity contribution in [3.05, 3.63) is 23.8 Å². The molecule has 7 heteroatoms. The maximum atomic E-state index is 12.1. The summed E-state index contributed by atoms with van der Waals surface area (Å²) in [5, 5.41) is 11.3. The predicted molar refractivity (Wildman–Crippen MR) is 90.6 cm³/mol. The largest absolute Gasteiger partial charge is 0.493 e. The van der Waals surface area contributed by atoms with Crippen LogP contribution in [-0.2, 0) is 4.79 Å². The second-order valence-electron chi connectivity index (χ2n) is 5.27. The van der Waals surface area contributed by atoms with Crippen molar-refractivity contribution in [3.63, 3.8) is 0 Å². The van der Waals surface area contributed by atoms with Crippen LogP contribution >= 0.6 is 11.8 Å². The lowest BCUT2D eigenvalue weighted by atomic mass is 10.2. The number of carbonyl (C=O) groups is 2. The molecule has 128 valence electrons. The second-order valence-corrected chi connectivity index (χ2v) is 6.38. The van der Waals surface area contributed by atoms with E-state index in [4.69, 9.17) is 14.6 Å². The van der Waals surface area contributed by atoms with Crippen LogP contribution in [0.5, 0.6) is 11.5 Å². The first kappa shape index (κ1) is 19.2. The maximum absolute atomic E-state index is 12.1. The SMILES string of the molecule is COc1cc(C(=O)NCCSCC(=O)O)ccc1OCC(C)C. The highest BCUT2D eigenvalue weighted by molar-refractivity contribution is 7.99. The monoisotopic (exact) mass is 341 g/mol. The van der Waals surface area contributed by atoms with Gasteiger partial charge in [-0.3, -0.25) is 9.59 Å². The molecule has 1 rings (SSSR count). The Hall–Kier alpha value is -1.89. The van der Waals surface area contributed by atoms with Gasteiger partial charge < -0.3 is 19.9 Å². The number of benzene rings is 1. The van der Waals surface area contributed by atoms with Crippen molar-refractivity contribution in [2.24, 2.45) is 5.92 Å². The van der Waals surface area contributed by atoms with Crippen LogP contribution in [0.25, 0.3) is 0 Å². The van der Waals surface area contributed by atoms with Crippen LogP contribution in [0.15, 0.2) is 18.2 Å². The van der Waals surface area contributed by atoms with Crippen molar-refractivity contribution in [2.75, 3.05) is 31.8 Å². The minimum Gasteiger partial charge on any atom is -0.493 e. The molecule has 0 saturated heterocycles. The van der Waals surface area contributed by atoms with Crippen molar-refractivity contribution < 1.29 is 24.2 Å². The van der Waals surface area contributed by atoms with E-state index in [0.29, 0.717) is 41.9 Å². The van der Waals surface area contributed by atoms with Gasteiger partial charge in [-0.1, -0.05) is 13.8 Å². The van der Waals surface area contributed by atoms with Crippen LogP contribution < -0.4 is 14.8 Å². The Kier molecular flexibility index (Phi) is 8.32. The van der Waals surface area contributed by atoms with Gasteiger partial charge in [0.15, 0.2) is 11.5 Å².